The second-order valence-electron chi connectivity index (χ2n) is 9.27. The lowest BCUT2D eigenvalue weighted by Crippen LogP contribution is -2.48. The first kappa shape index (κ1) is 22.8. The van der Waals surface area contributed by atoms with Crippen molar-refractivity contribution in [1.82, 2.24) is 10.2 Å². The van der Waals surface area contributed by atoms with Crippen molar-refractivity contribution in [2.75, 3.05) is 19.7 Å². The molecule has 7 heteroatoms. The van der Waals surface area contributed by atoms with Crippen LogP contribution < -0.4 is 5.32 Å². The number of carbonyl (C=O) groups is 3. The van der Waals surface area contributed by atoms with Crippen LogP contribution in [0.5, 0.6) is 0 Å². The Morgan fingerprint density at radius 2 is 1.70 bits per heavy atom. The number of carbonyl (C=O) groups excluding carboxylic acids is 2. The Bertz CT molecular complexity index is 1040. The standard InChI is InChI=1S/C26H30N2O5/c1-4-22(23(29)28-13-16(2)26(3,15-28)24(30)31)27-25(32)33-14-21-19-11-7-5-9-17(19)18-10-6-8-12-20(18)21/h5-12,16,21-22H,4,13-15H2,1-3H3,(H,27,32)(H,30,31)/t16-,22-,26-/m1/s1. The normalized spacial score (nSPS) is 22.4. The minimum absolute atomic E-state index is 0.0605. The van der Waals surface area contributed by atoms with E-state index in [2.05, 4.69) is 17.4 Å². The largest absolute Gasteiger partial charge is 0.481 e. The Hall–Kier alpha value is -3.35. The number of nitrogens with one attached hydrogen (secondary N) is 1. The van der Waals surface area contributed by atoms with Crippen LogP contribution in [0.3, 0.4) is 0 Å². The highest BCUT2D eigenvalue weighted by molar-refractivity contribution is 5.87. The molecule has 0 radical (unpaired) electrons. The van der Waals surface area contributed by atoms with Gasteiger partial charge in [0.05, 0.1) is 5.41 Å². The molecule has 1 aliphatic heterocycles. The fourth-order valence-corrected chi connectivity index (χ4v) is 4.94. The minimum atomic E-state index is -0.988. The van der Waals surface area contributed by atoms with Crippen LogP contribution in [-0.2, 0) is 14.3 Å². The Balaban J connectivity index is 1.40. The number of rotatable bonds is 6. The summed E-state index contributed by atoms with van der Waals surface area (Å²) < 4.78 is 5.57. The molecular weight excluding hydrogens is 420 g/mol. The van der Waals surface area contributed by atoms with Crippen molar-refractivity contribution in [1.29, 1.82) is 0 Å². The Labute approximate surface area is 193 Å². The third-order valence-electron chi connectivity index (χ3n) is 7.24. The van der Waals surface area contributed by atoms with Crippen molar-refractivity contribution in [3.63, 3.8) is 0 Å². The lowest BCUT2D eigenvalue weighted by molar-refractivity contribution is -0.149. The molecule has 0 bridgehead atoms. The number of aliphatic carboxylic acids is 1. The highest BCUT2D eigenvalue weighted by atomic mass is 16.5. The number of ether oxygens (including phenoxy) is 1. The number of fused-ring (bicyclic) bond motifs is 3. The van der Waals surface area contributed by atoms with Crippen molar-refractivity contribution in [2.45, 2.75) is 39.2 Å². The third-order valence-corrected chi connectivity index (χ3v) is 7.24. The van der Waals surface area contributed by atoms with Crippen LogP contribution in [0.1, 0.15) is 44.2 Å². The average molecular weight is 451 g/mol. The number of hydrogen-bond donors (Lipinski definition) is 2. The van der Waals surface area contributed by atoms with Crippen molar-refractivity contribution in [3.05, 3.63) is 59.7 Å². The Kier molecular flexibility index (Phi) is 6.15. The van der Waals surface area contributed by atoms with Gasteiger partial charge in [-0.15, -0.1) is 0 Å². The van der Waals surface area contributed by atoms with Gasteiger partial charge in [-0.25, -0.2) is 4.79 Å². The zero-order valence-corrected chi connectivity index (χ0v) is 19.2. The van der Waals surface area contributed by atoms with Crippen LogP contribution in [0.4, 0.5) is 4.79 Å². The summed E-state index contributed by atoms with van der Waals surface area (Å²) in [5, 5.41) is 12.3. The fraction of sp³-hybridized carbons (Fsp3) is 0.423. The van der Waals surface area contributed by atoms with E-state index in [4.69, 9.17) is 4.74 Å². The number of alkyl carbamates (subject to hydrolysis) is 1. The van der Waals surface area contributed by atoms with Gasteiger partial charge in [0, 0.05) is 19.0 Å². The molecule has 2 amide bonds. The first-order chi connectivity index (χ1) is 15.8. The summed E-state index contributed by atoms with van der Waals surface area (Å²) in [5.74, 6) is -1.42. The molecule has 33 heavy (non-hydrogen) atoms. The van der Waals surface area contributed by atoms with Gasteiger partial charge in [0.2, 0.25) is 5.91 Å². The smallest absolute Gasteiger partial charge is 0.407 e. The van der Waals surface area contributed by atoms with E-state index in [0.29, 0.717) is 13.0 Å². The summed E-state index contributed by atoms with van der Waals surface area (Å²) in [6, 6.07) is 15.4. The number of carboxylic acids is 1. The van der Waals surface area contributed by atoms with Crippen molar-refractivity contribution >= 4 is 18.0 Å². The molecule has 4 rings (SSSR count). The monoisotopic (exact) mass is 450 g/mol. The number of benzene rings is 2. The topological polar surface area (TPSA) is 95.9 Å². The SMILES string of the molecule is CC[C@@H](NC(=O)OCC1c2ccccc2-c2ccccc21)C(=O)N1C[C@@H](C)[C@](C)(C(=O)O)C1. The van der Waals surface area contributed by atoms with Crippen molar-refractivity contribution in [2.24, 2.45) is 11.3 Å². The third kappa shape index (κ3) is 4.08. The second-order valence-corrected chi connectivity index (χ2v) is 9.27. The molecule has 1 saturated heterocycles. The number of hydrogen-bond acceptors (Lipinski definition) is 4. The summed E-state index contributed by atoms with van der Waals surface area (Å²) >= 11 is 0. The fourth-order valence-electron chi connectivity index (χ4n) is 4.94. The Morgan fingerprint density at radius 3 is 2.21 bits per heavy atom. The van der Waals surface area contributed by atoms with Gasteiger partial charge in [-0.2, -0.15) is 0 Å². The molecule has 7 nitrogen and oxygen atoms in total. The lowest BCUT2D eigenvalue weighted by Gasteiger charge is -2.25. The number of amides is 2. The van der Waals surface area contributed by atoms with E-state index in [0.717, 1.165) is 22.3 Å². The minimum Gasteiger partial charge on any atom is -0.481 e. The van der Waals surface area contributed by atoms with Crippen LogP contribution >= 0.6 is 0 Å². The first-order valence-corrected chi connectivity index (χ1v) is 11.4. The van der Waals surface area contributed by atoms with E-state index in [1.165, 1.54) is 4.90 Å². The van der Waals surface area contributed by atoms with Gasteiger partial charge >= 0.3 is 12.1 Å². The summed E-state index contributed by atoms with van der Waals surface area (Å²) in [7, 11) is 0. The van der Waals surface area contributed by atoms with Crippen LogP contribution in [0.25, 0.3) is 11.1 Å². The zero-order valence-electron chi connectivity index (χ0n) is 19.2. The van der Waals surface area contributed by atoms with E-state index < -0.39 is 23.5 Å². The van der Waals surface area contributed by atoms with Crippen molar-refractivity contribution < 1.29 is 24.2 Å². The van der Waals surface area contributed by atoms with E-state index in [1.807, 2.05) is 50.2 Å². The van der Waals surface area contributed by atoms with Gasteiger partial charge in [0.1, 0.15) is 12.6 Å². The summed E-state index contributed by atoms with van der Waals surface area (Å²) in [6.07, 6.45) is -0.261. The average Bonchev–Trinajstić information content (AvgIpc) is 3.30. The molecule has 1 aliphatic carbocycles. The lowest BCUT2D eigenvalue weighted by atomic mass is 9.81. The first-order valence-electron chi connectivity index (χ1n) is 11.4. The summed E-state index contributed by atoms with van der Waals surface area (Å²) in [5.41, 5.74) is 3.54. The van der Waals surface area contributed by atoms with Crippen LogP contribution in [0, 0.1) is 11.3 Å². The molecule has 0 spiro atoms. The van der Waals surface area contributed by atoms with Gasteiger partial charge in [-0.05, 0) is 41.5 Å². The Morgan fingerprint density at radius 1 is 1.12 bits per heavy atom. The number of nitrogens with zero attached hydrogens (tertiary/aromatic N) is 1. The molecule has 0 aromatic heterocycles. The number of likely N-dealkylation sites (tertiary alicyclic amines) is 1. The number of carboxylic acid groups (broad SMARTS) is 1. The van der Waals surface area contributed by atoms with E-state index >= 15 is 0 Å². The molecule has 2 aromatic rings. The van der Waals surface area contributed by atoms with Gasteiger partial charge in [0.25, 0.3) is 0 Å². The molecule has 2 aromatic carbocycles. The molecule has 174 valence electrons. The van der Waals surface area contributed by atoms with Crippen LogP contribution in [-0.4, -0.2) is 53.7 Å². The van der Waals surface area contributed by atoms with E-state index in [-0.39, 0.29) is 30.9 Å². The molecule has 0 unspecified atom stereocenters. The predicted octanol–water partition coefficient (Wildman–Crippen LogP) is 3.87. The molecule has 3 atom stereocenters. The second kappa shape index (κ2) is 8.89. The van der Waals surface area contributed by atoms with E-state index in [1.54, 1.807) is 6.92 Å². The highest BCUT2D eigenvalue weighted by Crippen LogP contribution is 2.44. The maximum atomic E-state index is 13.0. The quantitative estimate of drug-likeness (QED) is 0.697. The van der Waals surface area contributed by atoms with Crippen LogP contribution in [0.15, 0.2) is 48.5 Å². The van der Waals surface area contributed by atoms with E-state index in [9.17, 15) is 19.5 Å². The molecular formula is C26H30N2O5. The summed E-state index contributed by atoms with van der Waals surface area (Å²) in [4.78, 5) is 38.8. The van der Waals surface area contributed by atoms with Gasteiger partial charge < -0.3 is 20.1 Å². The van der Waals surface area contributed by atoms with Crippen molar-refractivity contribution in [3.8, 4) is 11.1 Å². The summed E-state index contributed by atoms with van der Waals surface area (Å²) in [6.45, 7) is 5.95. The highest BCUT2D eigenvalue weighted by Gasteiger charge is 2.48. The molecule has 1 heterocycles. The maximum Gasteiger partial charge on any atom is 0.407 e. The van der Waals surface area contributed by atoms with Gasteiger partial charge in [-0.1, -0.05) is 62.4 Å². The molecule has 2 N–H and O–H groups in total. The molecule has 1 fully saturated rings. The predicted molar refractivity (Wildman–Crippen MR) is 124 cm³/mol. The van der Waals surface area contributed by atoms with Gasteiger partial charge in [-0.3, -0.25) is 9.59 Å². The zero-order chi connectivity index (χ0) is 23.8. The van der Waals surface area contributed by atoms with Crippen LogP contribution in [0.2, 0.25) is 0 Å². The molecule has 2 aliphatic rings. The maximum absolute atomic E-state index is 13.0. The molecule has 0 saturated carbocycles. The van der Waals surface area contributed by atoms with Gasteiger partial charge in [0.15, 0.2) is 0 Å².